The molecule has 0 atom stereocenters. The molecule has 5 heteroatoms. The number of nitrogens with zero attached hydrogens (tertiary/aromatic N) is 1. The lowest BCUT2D eigenvalue weighted by molar-refractivity contribution is 0.00578. The smallest absolute Gasteiger partial charge is 0.399 e. The largest absolute Gasteiger partial charge is 0.494 e. The summed E-state index contributed by atoms with van der Waals surface area (Å²) in [6.45, 7) is 11.9. The minimum absolute atomic E-state index is 0.263. The summed E-state index contributed by atoms with van der Waals surface area (Å²) in [7, 11) is -0.263. The van der Waals surface area contributed by atoms with Crippen LogP contribution in [0.15, 0.2) is 24.3 Å². The molecule has 0 unspecified atom stereocenters. The molecule has 2 saturated heterocycles. The summed E-state index contributed by atoms with van der Waals surface area (Å²) in [4.78, 5) is 2.57. The highest BCUT2D eigenvalue weighted by Crippen LogP contribution is 2.36. The van der Waals surface area contributed by atoms with E-state index in [1.807, 2.05) is 11.8 Å². The van der Waals surface area contributed by atoms with Gasteiger partial charge in [-0.25, -0.2) is 0 Å². The van der Waals surface area contributed by atoms with E-state index in [0.717, 1.165) is 17.3 Å². The molecule has 2 aliphatic rings. The van der Waals surface area contributed by atoms with Crippen molar-refractivity contribution in [2.45, 2.75) is 63.5 Å². The third kappa shape index (κ3) is 3.85. The van der Waals surface area contributed by atoms with Gasteiger partial charge in [0.25, 0.3) is 0 Å². The predicted octanol–water partition coefficient (Wildman–Crippen LogP) is 3.31. The van der Waals surface area contributed by atoms with Crippen LogP contribution < -0.4 is 5.46 Å². The van der Waals surface area contributed by atoms with Crippen LogP contribution in [0.25, 0.3) is 0 Å². The van der Waals surface area contributed by atoms with Gasteiger partial charge in [-0.2, -0.15) is 11.8 Å². The zero-order valence-corrected chi connectivity index (χ0v) is 16.5. The van der Waals surface area contributed by atoms with Gasteiger partial charge in [-0.1, -0.05) is 24.3 Å². The van der Waals surface area contributed by atoms with Crippen LogP contribution in [0.5, 0.6) is 0 Å². The molecule has 0 N–H and O–H groups in total. The van der Waals surface area contributed by atoms with Gasteiger partial charge >= 0.3 is 7.12 Å². The van der Waals surface area contributed by atoms with Gasteiger partial charge in [-0.15, -0.1) is 0 Å². The molecule has 1 aromatic carbocycles. The van der Waals surface area contributed by atoms with Crippen molar-refractivity contribution in [3.63, 3.8) is 0 Å². The lowest BCUT2D eigenvalue weighted by Crippen LogP contribution is -2.41. The minimum atomic E-state index is -0.280. The van der Waals surface area contributed by atoms with Crippen molar-refractivity contribution in [1.82, 2.24) is 4.90 Å². The van der Waals surface area contributed by atoms with E-state index in [9.17, 15) is 0 Å². The fraction of sp³-hybridized carbons (Fsp3) is 0.684. The molecule has 2 heterocycles. The Kier molecular flexibility index (Phi) is 5.36. The highest BCUT2D eigenvalue weighted by atomic mass is 32.2. The topological polar surface area (TPSA) is 21.7 Å². The maximum atomic E-state index is 6.13. The summed E-state index contributed by atoms with van der Waals surface area (Å²) >= 11 is 2.02. The first-order valence-electron chi connectivity index (χ1n) is 9.00. The first-order valence-corrected chi connectivity index (χ1v) is 10.3. The monoisotopic (exact) mass is 347 g/mol. The van der Waals surface area contributed by atoms with Crippen molar-refractivity contribution in [3.8, 4) is 0 Å². The van der Waals surface area contributed by atoms with Gasteiger partial charge in [0.05, 0.1) is 11.2 Å². The summed E-state index contributed by atoms with van der Waals surface area (Å²) in [5.41, 5.74) is 1.92. The number of thioether (sulfide) groups is 1. The molecule has 132 valence electrons. The third-order valence-corrected chi connectivity index (χ3v) is 6.92. The van der Waals surface area contributed by atoms with Crippen LogP contribution in [0.1, 0.15) is 46.1 Å². The Balaban J connectivity index is 1.59. The van der Waals surface area contributed by atoms with E-state index in [4.69, 9.17) is 9.31 Å². The maximum Gasteiger partial charge on any atom is 0.494 e. The Morgan fingerprint density at radius 2 is 1.58 bits per heavy atom. The number of piperidine rings is 1. The van der Waals surface area contributed by atoms with Crippen molar-refractivity contribution in [3.05, 3.63) is 29.8 Å². The second kappa shape index (κ2) is 7.03. The van der Waals surface area contributed by atoms with E-state index in [1.54, 1.807) is 0 Å². The van der Waals surface area contributed by atoms with Gasteiger partial charge in [-0.3, -0.25) is 4.90 Å². The number of hydrogen-bond donors (Lipinski definition) is 0. The van der Waals surface area contributed by atoms with Gasteiger partial charge in [0, 0.05) is 11.8 Å². The summed E-state index contributed by atoms with van der Waals surface area (Å²) in [6, 6.07) is 8.76. The van der Waals surface area contributed by atoms with Crippen molar-refractivity contribution in [2.75, 3.05) is 19.3 Å². The minimum Gasteiger partial charge on any atom is -0.399 e. The van der Waals surface area contributed by atoms with Crippen molar-refractivity contribution in [2.24, 2.45) is 0 Å². The van der Waals surface area contributed by atoms with Gasteiger partial charge in [0.1, 0.15) is 0 Å². The summed E-state index contributed by atoms with van der Waals surface area (Å²) < 4.78 is 12.3. The van der Waals surface area contributed by atoms with Crippen LogP contribution in [0.2, 0.25) is 0 Å². The van der Waals surface area contributed by atoms with Crippen LogP contribution in [0.4, 0.5) is 0 Å². The molecule has 1 aromatic rings. The SMILES string of the molecule is CSC1CCN(Cc2ccc(B3OC(C)(C)C(C)(C)O3)cc2)CC1. The second-order valence-electron chi connectivity index (χ2n) is 8.04. The molecule has 3 rings (SSSR count). The molecular weight excluding hydrogens is 317 g/mol. The highest BCUT2D eigenvalue weighted by molar-refractivity contribution is 7.99. The quantitative estimate of drug-likeness (QED) is 0.779. The molecule has 0 saturated carbocycles. The molecule has 0 radical (unpaired) electrons. The normalized spacial score (nSPS) is 24.5. The molecule has 3 nitrogen and oxygen atoms in total. The second-order valence-corrected chi connectivity index (χ2v) is 9.18. The Morgan fingerprint density at radius 1 is 1.04 bits per heavy atom. The van der Waals surface area contributed by atoms with Crippen LogP contribution in [0.3, 0.4) is 0 Å². The van der Waals surface area contributed by atoms with Crippen LogP contribution in [-0.4, -0.2) is 47.8 Å². The highest BCUT2D eigenvalue weighted by Gasteiger charge is 2.51. The summed E-state index contributed by atoms with van der Waals surface area (Å²) in [6.07, 6.45) is 4.86. The Bertz CT molecular complexity index is 537. The molecular formula is C19H30BNO2S. The van der Waals surface area contributed by atoms with Crippen molar-refractivity contribution >= 4 is 24.3 Å². The van der Waals surface area contributed by atoms with Gasteiger partial charge in [-0.05, 0) is 70.9 Å². The number of likely N-dealkylation sites (tertiary alicyclic amines) is 1. The van der Waals surface area contributed by atoms with E-state index in [2.05, 4.69) is 63.1 Å². The van der Waals surface area contributed by atoms with Crippen molar-refractivity contribution < 1.29 is 9.31 Å². The maximum absolute atomic E-state index is 6.13. The fourth-order valence-electron chi connectivity index (χ4n) is 3.32. The van der Waals surface area contributed by atoms with E-state index >= 15 is 0 Å². The van der Waals surface area contributed by atoms with Gasteiger partial charge < -0.3 is 9.31 Å². The Labute approximate surface area is 151 Å². The predicted molar refractivity (Wildman–Crippen MR) is 104 cm³/mol. The lowest BCUT2D eigenvalue weighted by Gasteiger charge is -2.32. The molecule has 0 amide bonds. The van der Waals surface area contributed by atoms with Crippen LogP contribution in [0, 0.1) is 0 Å². The molecule has 0 spiro atoms. The molecule has 0 aliphatic carbocycles. The molecule has 0 bridgehead atoms. The Morgan fingerprint density at radius 3 is 2.08 bits per heavy atom. The number of hydrogen-bond acceptors (Lipinski definition) is 4. The molecule has 24 heavy (non-hydrogen) atoms. The van der Waals surface area contributed by atoms with Gasteiger partial charge in [0.15, 0.2) is 0 Å². The standard InChI is InChI=1S/C19H30BNO2S/c1-18(2)19(3,4)23-20(22-18)16-8-6-15(7-9-16)14-21-12-10-17(24-5)11-13-21/h6-9,17H,10-14H2,1-5H3. The summed E-state index contributed by atoms with van der Waals surface area (Å²) in [5, 5.41) is 0.854. The van der Waals surface area contributed by atoms with E-state index in [0.29, 0.717) is 0 Å². The Hall–Kier alpha value is -0.485. The molecule has 2 aliphatic heterocycles. The zero-order valence-electron chi connectivity index (χ0n) is 15.7. The molecule has 2 fully saturated rings. The zero-order chi connectivity index (χ0) is 17.4. The summed E-state index contributed by atoms with van der Waals surface area (Å²) in [5.74, 6) is 0. The van der Waals surface area contributed by atoms with E-state index < -0.39 is 0 Å². The van der Waals surface area contributed by atoms with E-state index in [-0.39, 0.29) is 18.3 Å². The number of benzene rings is 1. The number of rotatable bonds is 4. The first-order chi connectivity index (χ1) is 11.3. The van der Waals surface area contributed by atoms with Crippen LogP contribution in [-0.2, 0) is 15.9 Å². The fourth-order valence-corrected chi connectivity index (χ4v) is 4.00. The average Bonchev–Trinajstić information content (AvgIpc) is 2.77. The van der Waals surface area contributed by atoms with Crippen LogP contribution >= 0.6 is 11.8 Å². The first kappa shape index (κ1) is 18.3. The molecule has 0 aromatic heterocycles. The van der Waals surface area contributed by atoms with Gasteiger partial charge in [0.2, 0.25) is 0 Å². The lowest BCUT2D eigenvalue weighted by atomic mass is 9.79. The van der Waals surface area contributed by atoms with E-state index in [1.165, 1.54) is 31.5 Å². The third-order valence-electron chi connectivity index (χ3n) is 5.78. The average molecular weight is 347 g/mol. The van der Waals surface area contributed by atoms with Crippen molar-refractivity contribution in [1.29, 1.82) is 0 Å².